The standard InChI is InChI=1S/C16H13N3OS2/c17-8-13-7-12(9-18-13)16(20)19(10-14-3-1-5-21-14)11-15-4-2-6-22-15/h1-7,9,18H,10-11H2. The first-order valence-electron chi connectivity index (χ1n) is 6.69. The van der Waals surface area contributed by atoms with Crippen molar-refractivity contribution >= 4 is 28.6 Å². The number of aromatic nitrogens is 1. The summed E-state index contributed by atoms with van der Waals surface area (Å²) in [5, 5.41) is 12.9. The fraction of sp³-hybridized carbons (Fsp3) is 0.125. The molecule has 0 radical (unpaired) electrons. The van der Waals surface area contributed by atoms with Gasteiger partial charge < -0.3 is 9.88 Å². The molecule has 0 saturated heterocycles. The van der Waals surface area contributed by atoms with Crippen LogP contribution in [0.2, 0.25) is 0 Å². The molecule has 3 aromatic rings. The Hall–Kier alpha value is -2.36. The van der Waals surface area contributed by atoms with E-state index in [0.29, 0.717) is 24.3 Å². The molecule has 0 aromatic carbocycles. The molecule has 0 aliphatic heterocycles. The number of aromatic amines is 1. The Labute approximate surface area is 136 Å². The van der Waals surface area contributed by atoms with Crippen molar-refractivity contribution in [2.24, 2.45) is 0 Å². The van der Waals surface area contributed by atoms with Gasteiger partial charge in [-0.25, -0.2) is 0 Å². The Morgan fingerprint density at radius 2 is 1.82 bits per heavy atom. The van der Waals surface area contributed by atoms with Gasteiger partial charge in [0.15, 0.2) is 0 Å². The SMILES string of the molecule is N#Cc1cc(C(=O)N(Cc2cccs2)Cc2cccs2)c[nH]1. The van der Waals surface area contributed by atoms with Crippen LogP contribution < -0.4 is 0 Å². The van der Waals surface area contributed by atoms with E-state index in [-0.39, 0.29) is 5.91 Å². The predicted molar refractivity (Wildman–Crippen MR) is 87.7 cm³/mol. The summed E-state index contributed by atoms with van der Waals surface area (Å²) in [5.41, 5.74) is 0.917. The van der Waals surface area contributed by atoms with Gasteiger partial charge >= 0.3 is 0 Å². The summed E-state index contributed by atoms with van der Waals surface area (Å²) in [7, 11) is 0. The van der Waals surface area contributed by atoms with Crippen molar-refractivity contribution in [2.45, 2.75) is 13.1 Å². The number of hydrogen-bond acceptors (Lipinski definition) is 4. The van der Waals surface area contributed by atoms with Crippen LogP contribution in [0.1, 0.15) is 25.8 Å². The van der Waals surface area contributed by atoms with Crippen molar-refractivity contribution in [3.63, 3.8) is 0 Å². The lowest BCUT2D eigenvalue weighted by atomic mass is 10.2. The lowest BCUT2D eigenvalue weighted by Gasteiger charge is -2.21. The summed E-state index contributed by atoms with van der Waals surface area (Å²) in [6.45, 7) is 1.14. The highest BCUT2D eigenvalue weighted by atomic mass is 32.1. The molecule has 3 heterocycles. The molecule has 0 bridgehead atoms. The van der Waals surface area contributed by atoms with Gasteiger partial charge in [0, 0.05) is 16.0 Å². The van der Waals surface area contributed by atoms with Crippen molar-refractivity contribution in [3.05, 3.63) is 68.3 Å². The van der Waals surface area contributed by atoms with Crippen LogP contribution >= 0.6 is 22.7 Å². The third kappa shape index (κ3) is 3.27. The van der Waals surface area contributed by atoms with E-state index in [0.717, 1.165) is 9.75 Å². The number of carbonyl (C=O) groups excluding carboxylic acids is 1. The van der Waals surface area contributed by atoms with Crippen LogP contribution in [0.15, 0.2) is 47.3 Å². The number of nitriles is 1. The highest BCUT2D eigenvalue weighted by molar-refractivity contribution is 7.10. The van der Waals surface area contributed by atoms with Crippen LogP contribution in [0, 0.1) is 11.3 Å². The quantitative estimate of drug-likeness (QED) is 0.773. The Morgan fingerprint density at radius 1 is 1.18 bits per heavy atom. The van der Waals surface area contributed by atoms with E-state index < -0.39 is 0 Å². The average Bonchev–Trinajstić information content (AvgIpc) is 3.28. The molecule has 0 spiro atoms. The molecule has 1 N–H and O–H groups in total. The van der Waals surface area contributed by atoms with Gasteiger partial charge in [-0.3, -0.25) is 4.79 Å². The van der Waals surface area contributed by atoms with E-state index in [1.807, 2.05) is 46.0 Å². The number of thiophene rings is 2. The molecule has 6 heteroatoms. The molecule has 22 heavy (non-hydrogen) atoms. The number of amides is 1. The van der Waals surface area contributed by atoms with Crippen LogP contribution in [-0.2, 0) is 13.1 Å². The average molecular weight is 327 g/mol. The van der Waals surface area contributed by atoms with Crippen LogP contribution in [0.25, 0.3) is 0 Å². The Morgan fingerprint density at radius 3 is 2.27 bits per heavy atom. The maximum Gasteiger partial charge on any atom is 0.256 e. The number of carbonyl (C=O) groups is 1. The third-order valence-corrected chi connectivity index (χ3v) is 4.91. The Bertz CT molecular complexity index is 746. The molecule has 0 fully saturated rings. The second-order valence-corrected chi connectivity index (χ2v) is 6.80. The second-order valence-electron chi connectivity index (χ2n) is 4.73. The van der Waals surface area contributed by atoms with Gasteiger partial charge in [-0.2, -0.15) is 5.26 Å². The number of nitrogens with zero attached hydrogens (tertiary/aromatic N) is 2. The summed E-state index contributed by atoms with van der Waals surface area (Å²) >= 11 is 3.27. The largest absolute Gasteiger partial charge is 0.352 e. The van der Waals surface area contributed by atoms with Crippen molar-refractivity contribution in [3.8, 4) is 6.07 Å². The maximum absolute atomic E-state index is 12.7. The highest BCUT2D eigenvalue weighted by Crippen LogP contribution is 2.19. The molecule has 0 unspecified atom stereocenters. The van der Waals surface area contributed by atoms with Crippen LogP contribution in [0.4, 0.5) is 0 Å². The van der Waals surface area contributed by atoms with E-state index in [9.17, 15) is 4.79 Å². The molecular formula is C16H13N3OS2. The molecule has 0 atom stereocenters. The van der Waals surface area contributed by atoms with E-state index in [1.165, 1.54) is 0 Å². The van der Waals surface area contributed by atoms with Gasteiger partial charge in [0.25, 0.3) is 5.91 Å². The van der Waals surface area contributed by atoms with Crippen molar-refractivity contribution < 1.29 is 4.79 Å². The summed E-state index contributed by atoms with van der Waals surface area (Å²) in [6, 6.07) is 11.6. The summed E-state index contributed by atoms with van der Waals surface area (Å²) in [5.74, 6) is -0.0699. The zero-order chi connectivity index (χ0) is 15.4. The number of nitrogens with one attached hydrogen (secondary N) is 1. The van der Waals surface area contributed by atoms with Gasteiger partial charge in [0.2, 0.25) is 0 Å². The summed E-state index contributed by atoms with van der Waals surface area (Å²) < 4.78 is 0. The molecule has 0 saturated carbocycles. The minimum Gasteiger partial charge on any atom is -0.352 e. The van der Waals surface area contributed by atoms with Crippen molar-refractivity contribution in [2.75, 3.05) is 0 Å². The van der Waals surface area contributed by atoms with Gasteiger partial charge in [-0.15, -0.1) is 22.7 Å². The maximum atomic E-state index is 12.7. The minimum absolute atomic E-state index is 0.0699. The third-order valence-electron chi connectivity index (χ3n) is 3.19. The first-order valence-corrected chi connectivity index (χ1v) is 8.45. The zero-order valence-corrected chi connectivity index (χ0v) is 13.3. The Kier molecular flexibility index (Phi) is 4.37. The molecule has 4 nitrogen and oxygen atoms in total. The van der Waals surface area contributed by atoms with E-state index >= 15 is 0 Å². The molecule has 3 aromatic heterocycles. The second kappa shape index (κ2) is 6.60. The van der Waals surface area contributed by atoms with E-state index in [1.54, 1.807) is 34.9 Å². The number of rotatable bonds is 5. The van der Waals surface area contributed by atoms with E-state index in [2.05, 4.69) is 4.98 Å². The van der Waals surface area contributed by atoms with Gasteiger partial charge in [-0.05, 0) is 29.0 Å². The van der Waals surface area contributed by atoms with Crippen LogP contribution in [0.5, 0.6) is 0 Å². The molecule has 1 amide bonds. The molecule has 0 aliphatic rings. The van der Waals surface area contributed by atoms with Crippen LogP contribution in [0.3, 0.4) is 0 Å². The molecule has 3 rings (SSSR count). The topological polar surface area (TPSA) is 59.9 Å². The molecule has 0 aliphatic carbocycles. The lowest BCUT2D eigenvalue weighted by Crippen LogP contribution is -2.29. The smallest absolute Gasteiger partial charge is 0.256 e. The predicted octanol–water partition coefficient (Wildman–Crippen LogP) is 3.85. The fourth-order valence-corrected chi connectivity index (χ4v) is 3.58. The van der Waals surface area contributed by atoms with Gasteiger partial charge in [-0.1, -0.05) is 12.1 Å². The van der Waals surface area contributed by atoms with Gasteiger partial charge in [0.05, 0.1) is 18.7 Å². The zero-order valence-electron chi connectivity index (χ0n) is 11.7. The Balaban J connectivity index is 1.83. The van der Waals surface area contributed by atoms with Crippen molar-refractivity contribution in [1.29, 1.82) is 5.26 Å². The molecular weight excluding hydrogens is 314 g/mol. The van der Waals surface area contributed by atoms with Gasteiger partial charge in [0.1, 0.15) is 11.8 Å². The summed E-state index contributed by atoms with van der Waals surface area (Å²) in [6.07, 6.45) is 1.59. The first-order chi connectivity index (χ1) is 10.8. The number of hydrogen-bond donors (Lipinski definition) is 1. The molecule has 110 valence electrons. The number of H-pyrrole nitrogens is 1. The minimum atomic E-state index is -0.0699. The monoisotopic (exact) mass is 327 g/mol. The summed E-state index contributed by atoms with van der Waals surface area (Å²) in [4.78, 5) is 19.6. The first kappa shape index (κ1) is 14.6. The lowest BCUT2D eigenvalue weighted by molar-refractivity contribution is 0.0734. The van der Waals surface area contributed by atoms with E-state index in [4.69, 9.17) is 5.26 Å². The fourth-order valence-electron chi connectivity index (χ4n) is 2.15. The van der Waals surface area contributed by atoms with Crippen LogP contribution in [-0.4, -0.2) is 15.8 Å². The van der Waals surface area contributed by atoms with Crippen molar-refractivity contribution in [1.82, 2.24) is 9.88 Å². The highest BCUT2D eigenvalue weighted by Gasteiger charge is 2.19. The normalized spacial score (nSPS) is 10.3.